The number of nitrogens with zero attached hydrogens (tertiary/aromatic N) is 5. The van der Waals surface area contributed by atoms with E-state index in [2.05, 4.69) is 20.5 Å². The van der Waals surface area contributed by atoms with Gasteiger partial charge in [-0.25, -0.2) is 9.67 Å². The minimum absolute atomic E-state index is 0.203. The average molecular weight is 310 g/mol. The van der Waals surface area contributed by atoms with E-state index in [1.807, 2.05) is 43.5 Å². The highest BCUT2D eigenvalue weighted by Gasteiger charge is 2.17. The van der Waals surface area contributed by atoms with E-state index in [4.69, 9.17) is 0 Å². The Bertz CT molecular complexity index is 792. The third-order valence-electron chi connectivity index (χ3n) is 3.47. The second-order valence-electron chi connectivity index (χ2n) is 5.41. The lowest BCUT2D eigenvalue weighted by Gasteiger charge is -2.10. The van der Waals surface area contributed by atoms with Crippen LogP contribution in [0.5, 0.6) is 0 Å². The van der Waals surface area contributed by atoms with E-state index in [1.165, 1.54) is 0 Å². The fourth-order valence-electron chi connectivity index (χ4n) is 2.18. The van der Waals surface area contributed by atoms with Crippen LogP contribution in [0.3, 0.4) is 0 Å². The second-order valence-corrected chi connectivity index (χ2v) is 5.41. The number of carbonyl (C=O) groups excluding carboxylic acids is 1. The van der Waals surface area contributed by atoms with Gasteiger partial charge in [-0.2, -0.15) is 5.10 Å². The Kier molecular flexibility index (Phi) is 4.18. The molecule has 7 heteroatoms. The Morgan fingerprint density at radius 1 is 1.30 bits per heavy atom. The van der Waals surface area contributed by atoms with Gasteiger partial charge in [0.25, 0.3) is 5.91 Å². The van der Waals surface area contributed by atoms with Crippen molar-refractivity contribution in [1.82, 2.24) is 24.5 Å². The molecule has 118 valence electrons. The molecule has 0 bridgehead atoms. The van der Waals surface area contributed by atoms with Crippen LogP contribution in [-0.4, -0.2) is 30.5 Å². The first-order valence-electron chi connectivity index (χ1n) is 7.37. The van der Waals surface area contributed by atoms with Gasteiger partial charge in [-0.3, -0.25) is 14.8 Å². The summed E-state index contributed by atoms with van der Waals surface area (Å²) in [6.07, 6.45) is 5.15. The summed E-state index contributed by atoms with van der Waals surface area (Å²) in [6, 6.07) is 9.52. The first kappa shape index (κ1) is 15.0. The van der Waals surface area contributed by atoms with Crippen molar-refractivity contribution < 1.29 is 4.79 Å². The number of benzene rings is 1. The lowest BCUT2D eigenvalue weighted by molar-refractivity contribution is -0.119. The molecule has 1 N–H and O–H groups in total. The summed E-state index contributed by atoms with van der Waals surface area (Å²) in [5, 5.41) is 11.1. The zero-order valence-electron chi connectivity index (χ0n) is 13.0. The highest BCUT2D eigenvalue weighted by Crippen LogP contribution is 2.09. The summed E-state index contributed by atoms with van der Waals surface area (Å²) in [4.78, 5) is 16.4. The van der Waals surface area contributed by atoms with Crippen molar-refractivity contribution in [2.75, 3.05) is 5.32 Å². The van der Waals surface area contributed by atoms with E-state index < -0.39 is 6.04 Å². The number of hydrogen-bond donors (Lipinski definition) is 1. The molecule has 0 radical (unpaired) electrons. The number of aromatic nitrogens is 5. The van der Waals surface area contributed by atoms with Crippen LogP contribution in [0.25, 0.3) is 0 Å². The molecule has 23 heavy (non-hydrogen) atoms. The van der Waals surface area contributed by atoms with Crippen LogP contribution in [0.2, 0.25) is 0 Å². The van der Waals surface area contributed by atoms with Crippen molar-refractivity contribution in [3.8, 4) is 0 Å². The van der Waals surface area contributed by atoms with Crippen molar-refractivity contribution >= 4 is 11.9 Å². The van der Waals surface area contributed by atoms with E-state index in [1.54, 1.807) is 28.8 Å². The minimum atomic E-state index is -0.426. The Labute approximate surface area is 134 Å². The SMILES string of the molecule is Cc1cnn(C(C)C(=O)Nc2ncn(Cc3ccccc3)n2)c1. The molecule has 1 unspecified atom stereocenters. The molecule has 2 aromatic heterocycles. The van der Waals surface area contributed by atoms with Gasteiger partial charge in [-0.1, -0.05) is 30.3 Å². The molecule has 0 aliphatic heterocycles. The Balaban J connectivity index is 1.63. The third kappa shape index (κ3) is 3.63. The van der Waals surface area contributed by atoms with Gasteiger partial charge < -0.3 is 0 Å². The molecule has 0 aliphatic carbocycles. The van der Waals surface area contributed by atoms with Gasteiger partial charge in [0, 0.05) is 6.20 Å². The van der Waals surface area contributed by atoms with Gasteiger partial charge in [-0.15, -0.1) is 5.10 Å². The van der Waals surface area contributed by atoms with E-state index in [0.29, 0.717) is 12.5 Å². The molecule has 1 aromatic carbocycles. The highest BCUT2D eigenvalue weighted by molar-refractivity contribution is 5.91. The number of hydrogen-bond acceptors (Lipinski definition) is 4. The summed E-state index contributed by atoms with van der Waals surface area (Å²) in [7, 11) is 0. The van der Waals surface area contributed by atoms with Crippen molar-refractivity contribution in [1.29, 1.82) is 0 Å². The molecule has 2 heterocycles. The summed E-state index contributed by atoms with van der Waals surface area (Å²) < 4.78 is 3.30. The number of anilines is 1. The molecular formula is C16H18N6O. The number of rotatable bonds is 5. The van der Waals surface area contributed by atoms with Gasteiger partial charge in [0.2, 0.25) is 5.95 Å². The smallest absolute Gasteiger partial charge is 0.251 e. The number of nitrogens with one attached hydrogen (secondary N) is 1. The molecule has 0 fully saturated rings. The monoisotopic (exact) mass is 310 g/mol. The van der Waals surface area contributed by atoms with Crippen molar-refractivity contribution in [2.24, 2.45) is 0 Å². The largest absolute Gasteiger partial charge is 0.291 e. The van der Waals surface area contributed by atoms with Crippen molar-refractivity contribution in [3.05, 3.63) is 60.2 Å². The topological polar surface area (TPSA) is 77.6 Å². The zero-order chi connectivity index (χ0) is 16.2. The molecule has 0 spiro atoms. The molecule has 3 aromatic rings. The number of aryl methyl sites for hydroxylation is 1. The average Bonchev–Trinajstić information content (AvgIpc) is 3.17. The van der Waals surface area contributed by atoms with E-state index in [9.17, 15) is 4.79 Å². The second kappa shape index (κ2) is 6.43. The fourth-order valence-corrected chi connectivity index (χ4v) is 2.18. The molecule has 0 saturated carbocycles. The van der Waals surface area contributed by atoms with E-state index in [-0.39, 0.29) is 5.91 Å². The lowest BCUT2D eigenvalue weighted by atomic mass is 10.2. The van der Waals surface area contributed by atoms with Gasteiger partial charge in [0.1, 0.15) is 12.4 Å². The standard InChI is InChI=1S/C16H18N6O/c1-12-8-18-22(9-12)13(2)15(23)19-16-17-11-21(20-16)10-14-6-4-3-5-7-14/h3-9,11,13H,10H2,1-2H3,(H,19,20,23). The molecule has 0 aliphatic rings. The van der Waals surface area contributed by atoms with Gasteiger partial charge >= 0.3 is 0 Å². The summed E-state index contributed by atoms with van der Waals surface area (Å²) in [5.74, 6) is 0.0900. The maximum atomic E-state index is 12.2. The van der Waals surface area contributed by atoms with Crippen LogP contribution in [0.15, 0.2) is 49.1 Å². The predicted molar refractivity (Wildman–Crippen MR) is 85.9 cm³/mol. The first-order valence-corrected chi connectivity index (χ1v) is 7.37. The van der Waals surface area contributed by atoms with Crippen molar-refractivity contribution in [2.45, 2.75) is 26.4 Å². The molecular weight excluding hydrogens is 292 g/mol. The molecule has 0 saturated heterocycles. The Morgan fingerprint density at radius 3 is 2.78 bits per heavy atom. The Hall–Kier alpha value is -2.96. The van der Waals surface area contributed by atoms with Crippen LogP contribution in [0, 0.1) is 6.92 Å². The summed E-state index contributed by atoms with van der Waals surface area (Å²) >= 11 is 0. The summed E-state index contributed by atoms with van der Waals surface area (Å²) in [6.45, 7) is 4.32. The van der Waals surface area contributed by atoms with E-state index in [0.717, 1.165) is 11.1 Å². The Morgan fingerprint density at radius 2 is 2.09 bits per heavy atom. The third-order valence-corrected chi connectivity index (χ3v) is 3.47. The first-order chi connectivity index (χ1) is 11.1. The number of carbonyl (C=O) groups is 1. The van der Waals surface area contributed by atoms with Crippen LogP contribution < -0.4 is 5.32 Å². The van der Waals surface area contributed by atoms with Crippen LogP contribution in [0.4, 0.5) is 5.95 Å². The quantitative estimate of drug-likeness (QED) is 0.782. The molecule has 1 amide bonds. The van der Waals surface area contributed by atoms with Gasteiger partial charge in [0.05, 0.1) is 12.7 Å². The molecule has 3 rings (SSSR count). The zero-order valence-corrected chi connectivity index (χ0v) is 13.0. The van der Waals surface area contributed by atoms with E-state index >= 15 is 0 Å². The predicted octanol–water partition coefficient (Wildman–Crippen LogP) is 2.03. The van der Waals surface area contributed by atoms with Gasteiger partial charge in [0.15, 0.2) is 0 Å². The summed E-state index contributed by atoms with van der Waals surface area (Å²) in [5.41, 5.74) is 2.13. The van der Waals surface area contributed by atoms with Crippen LogP contribution in [0.1, 0.15) is 24.1 Å². The maximum Gasteiger partial charge on any atom is 0.251 e. The highest BCUT2D eigenvalue weighted by atomic mass is 16.2. The maximum absolute atomic E-state index is 12.2. The normalized spacial score (nSPS) is 12.1. The molecule has 1 atom stereocenters. The number of amides is 1. The van der Waals surface area contributed by atoms with Gasteiger partial charge in [-0.05, 0) is 25.0 Å². The molecule has 7 nitrogen and oxygen atoms in total. The lowest BCUT2D eigenvalue weighted by Crippen LogP contribution is -2.24. The van der Waals surface area contributed by atoms with Crippen LogP contribution in [-0.2, 0) is 11.3 Å². The van der Waals surface area contributed by atoms with Crippen molar-refractivity contribution in [3.63, 3.8) is 0 Å². The minimum Gasteiger partial charge on any atom is -0.291 e. The fraction of sp³-hybridized carbons (Fsp3) is 0.250. The van der Waals surface area contributed by atoms with Crippen LogP contribution >= 0.6 is 0 Å².